The number of carbonyl (C=O) groups is 1. The van der Waals surface area contributed by atoms with Gasteiger partial charge in [-0.2, -0.15) is 0 Å². The summed E-state index contributed by atoms with van der Waals surface area (Å²) >= 11 is 1.03. The number of thiazole rings is 1. The van der Waals surface area contributed by atoms with Crippen molar-refractivity contribution in [1.82, 2.24) is 4.57 Å². The van der Waals surface area contributed by atoms with E-state index in [9.17, 15) is 18.4 Å². The van der Waals surface area contributed by atoms with Crippen LogP contribution >= 0.6 is 11.3 Å². The van der Waals surface area contributed by atoms with Crippen LogP contribution in [0, 0.1) is 17.0 Å². The number of ketones is 1. The van der Waals surface area contributed by atoms with E-state index < -0.39 is 22.6 Å². The fourth-order valence-corrected chi connectivity index (χ4v) is 2.83. The molecule has 1 aromatic heterocycles. The molecule has 2 aromatic rings. The van der Waals surface area contributed by atoms with Crippen LogP contribution in [0.5, 0.6) is 0 Å². The number of rotatable bonds is 2. The van der Waals surface area contributed by atoms with Gasteiger partial charge in [-0.3, -0.25) is 9.59 Å². The van der Waals surface area contributed by atoms with Gasteiger partial charge in [-0.05, 0) is 18.2 Å². The van der Waals surface area contributed by atoms with Gasteiger partial charge in [0.2, 0.25) is 0 Å². The van der Waals surface area contributed by atoms with Crippen molar-refractivity contribution in [2.24, 2.45) is 12.5 Å². The third-order valence-corrected chi connectivity index (χ3v) is 4.44. The summed E-state index contributed by atoms with van der Waals surface area (Å²) in [6, 6.07) is 3.52. The van der Waals surface area contributed by atoms with Gasteiger partial charge in [0.25, 0.3) is 5.56 Å². The quantitative estimate of drug-likeness (QED) is 0.840. The summed E-state index contributed by atoms with van der Waals surface area (Å²) in [6.07, 6.45) is 2.57. The maximum Gasteiger partial charge on any atom is 0.268 e. The first-order valence-corrected chi connectivity index (χ1v) is 7.80. The van der Waals surface area contributed by atoms with E-state index in [1.807, 2.05) is 0 Å². The fraction of sp³-hybridized carbons (Fsp3) is 0.294. The normalized spacial score (nSPS) is 13.7. The Bertz CT molecular complexity index is 913. The Morgan fingerprint density at radius 1 is 1.22 bits per heavy atom. The molecule has 2 rings (SSSR count). The molecule has 0 bridgehead atoms. The summed E-state index contributed by atoms with van der Waals surface area (Å²) in [7, 11) is 1.52. The number of Topliss-reactive ketones (excluding diaryl/α,β-unsaturated/α-hetero) is 1. The maximum atomic E-state index is 13.7. The van der Waals surface area contributed by atoms with Crippen molar-refractivity contribution in [2.45, 2.75) is 20.8 Å². The zero-order valence-electron chi connectivity index (χ0n) is 13.3. The van der Waals surface area contributed by atoms with Crippen molar-refractivity contribution in [1.29, 1.82) is 0 Å². The molecule has 122 valence electrons. The van der Waals surface area contributed by atoms with Crippen LogP contribution in [0.4, 0.5) is 8.78 Å². The van der Waals surface area contributed by atoms with Gasteiger partial charge in [-0.1, -0.05) is 26.8 Å². The van der Waals surface area contributed by atoms with Crippen LogP contribution in [-0.2, 0) is 11.8 Å². The van der Waals surface area contributed by atoms with Crippen LogP contribution < -0.4 is 14.8 Å². The van der Waals surface area contributed by atoms with Crippen LogP contribution in [-0.4, -0.2) is 10.4 Å². The smallest absolute Gasteiger partial charge is 0.268 e. The second-order valence-corrected chi connectivity index (χ2v) is 7.27. The average Bonchev–Trinajstić information content (AvgIpc) is 2.70. The molecule has 0 unspecified atom stereocenters. The first kappa shape index (κ1) is 17.3. The highest BCUT2D eigenvalue weighted by molar-refractivity contribution is 7.07. The van der Waals surface area contributed by atoms with Crippen molar-refractivity contribution in [3.63, 3.8) is 0 Å². The van der Waals surface area contributed by atoms with Crippen molar-refractivity contribution >= 4 is 29.3 Å². The number of nitrogens with zero attached hydrogens (tertiary/aromatic N) is 1. The summed E-state index contributed by atoms with van der Waals surface area (Å²) in [5, 5.41) is 0. The lowest BCUT2D eigenvalue weighted by Gasteiger charge is -2.12. The molecule has 6 heteroatoms. The second-order valence-electron chi connectivity index (χ2n) is 6.21. The molecule has 0 radical (unpaired) electrons. The average molecular weight is 337 g/mol. The molecular formula is C17H17F2NO2S. The number of aromatic nitrogens is 1. The van der Waals surface area contributed by atoms with Crippen LogP contribution in [0.2, 0.25) is 0 Å². The van der Waals surface area contributed by atoms with Gasteiger partial charge in [0.15, 0.2) is 5.78 Å². The molecule has 0 saturated heterocycles. The predicted molar refractivity (Wildman–Crippen MR) is 87.7 cm³/mol. The van der Waals surface area contributed by atoms with Gasteiger partial charge in [0, 0.05) is 24.1 Å². The minimum absolute atomic E-state index is 0.127. The fourth-order valence-electron chi connectivity index (χ4n) is 1.82. The molecule has 0 aliphatic rings. The molecule has 0 N–H and O–H groups in total. The molecule has 0 amide bonds. The summed E-state index contributed by atoms with van der Waals surface area (Å²) < 4.78 is 29.3. The Kier molecular flexibility index (Phi) is 4.66. The lowest BCUT2D eigenvalue weighted by Crippen LogP contribution is -2.30. The minimum Gasteiger partial charge on any atom is -0.302 e. The third-order valence-electron chi connectivity index (χ3n) is 3.33. The minimum atomic E-state index is -0.739. The molecule has 0 aliphatic carbocycles. The Morgan fingerprint density at radius 2 is 1.78 bits per heavy atom. The molecule has 1 aromatic carbocycles. The molecule has 0 aliphatic heterocycles. The lowest BCUT2D eigenvalue weighted by molar-refractivity contribution is -0.120. The molecule has 0 spiro atoms. The zero-order chi connectivity index (χ0) is 17.4. The molecule has 0 fully saturated rings. The van der Waals surface area contributed by atoms with Gasteiger partial charge in [-0.25, -0.2) is 8.78 Å². The highest BCUT2D eigenvalue weighted by Gasteiger charge is 2.19. The third kappa shape index (κ3) is 3.64. The van der Waals surface area contributed by atoms with E-state index in [1.54, 1.807) is 20.8 Å². The van der Waals surface area contributed by atoms with Gasteiger partial charge in [0.05, 0.1) is 4.53 Å². The largest absolute Gasteiger partial charge is 0.302 e. The number of carbonyl (C=O) groups excluding carboxylic acids is 1. The summed E-state index contributed by atoms with van der Waals surface area (Å²) in [5.41, 5.74) is -1.23. The molecule has 0 saturated carbocycles. The first-order chi connectivity index (χ1) is 10.6. The Hall–Kier alpha value is -2.08. The molecule has 23 heavy (non-hydrogen) atoms. The molecule has 0 atom stereocenters. The molecule has 3 nitrogen and oxygen atoms in total. The maximum absolute atomic E-state index is 13.7. The summed E-state index contributed by atoms with van der Waals surface area (Å²) in [6.45, 7) is 5.33. The van der Waals surface area contributed by atoms with E-state index >= 15 is 0 Å². The van der Waals surface area contributed by atoms with Gasteiger partial charge < -0.3 is 4.57 Å². The van der Waals surface area contributed by atoms with E-state index in [2.05, 4.69) is 0 Å². The standard InChI is InChI=1S/C17H17F2NO2S/c1-17(2,3)14(21)9-15-20(4)16(22)13(23-15)8-10-11(18)6-5-7-12(10)19/h5-9H,1-4H3/b13-8-,15-9+. The lowest BCUT2D eigenvalue weighted by atomic mass is 9.91. The van der Waals surface area contributed by atoms with Gasteiger partial charge >= 0.3 is 0 Å². The van der Waals surface area contributed by atoms with Crippen LogP contribution in [0.15, 0.2) is 23.0 Å². The van der Waals surface area contributed by atoms with Crippen LogP contribution in [0.3, 0.4) is 0 Å². The Morgan fingerprint density at radius 3 is 2.30 bits per heavy atom. The van der Waals surface area contributed by atoms with E-state index in [-0.39, 0.29) is 15.9 Å². The van der Waals surface area contributed by atoms with Crippen LogP contribution in [0.25, 0.3) is 12.2 Å². The Labute approximate surface area is 136 Å². The summed E-state index contributed by atoms with van der Waals surface area (Å²) in [5.74, 6) is -1.61. The monoisotopic (exact) mass is 337 g/mol. The SMILES string of the molecule is Cn1c(=O)/c(=C/c2c(F)cccc2F)s/c1=C/C(=O)C(C)(C)C. The number of hydrogen-bond acceptors (Lipinski definition) is 3. The van der Waals surface area contributed by atoms with Crippen molar-refractivity contribution < 1.29 is 13.6 Å². The number of hydrogen-bond donors (Lipinski definition) is 0. The van der Waals surface area contributed by atoms with E-state index in [4.69, 9.17) is 0 Å². The van der Waals surface area contributed by atoms with Gasteiger partial charge in [-0.15, -0.1) is 11.3 Å². The van der Waals surface area contributed by atoms with Crippen LogP contribution in [0.1, 0.15) is 26.3 Å². The first-order valence-electron chi connectivity index (χ1n) is 6.99. The van der Waals surface area contributed by atoms with Gasteiger partial charge in [0.1, 0.15) is 16.3 Å². The second kappa shape index (κ2) is 6.20. The van der Waals surface area contributed by atoms with E-state index in [0.717, 1.165) is 23.5 Å². The van der Waals surface area contributed by atoms with Crippen molar-refractivity contribution in [3.8, 4) is 0 Å². The predicted octanol–water partition coefficient (Wildman–Crippen LogP) is 1.95. The highest BCUT2D eigenvalue weighted by atomic mass is 32.1. The molecular weight excluding hydrogens is 320 g/mol. The van der Waals surface area contributed by atoms with Crippen molar-refractivity contribution in [3.05, 3.63) is 54.9 Å². The highest BCUT2D eigenvalue weighted by Crippen LogP contribution is 2.15. The van der Waals surface area contributed by atoms with Crippen molar-refractivity contribution in [2.75, 3.05) is 0 Å². The Balaban J connectivity index is 2.67. The molecule has 1 heterocycles. The number of halogens is 2. The number of benzene rings is 1. The topological polar surface area (TPSA) is 39.1 Å². The summed E-state index contributed by atoms with van der Waals surface area (Å²) in [4.78, 5) is 24.3. The zero-order valence-corrected chi connectivity index (χ0v) is 14.1. The van der Waals surface area contributed by atoms with E-state index in [1.165, 1.54) is 29.8 Å². The van der Waals surface area contributed by atoms with E-state index in [0.29, 0.717) is 4.66 Å².